The second kappa shape index (κ2) is 7.52. The van der Waals surface area contributed by atoms with Crippen molar-refractivity contribution < 1.29 is 39.4 Å². The summed E-state index contributed by atoms with van der Waals surface area (Å²) < 4.78 is 14.6. The second-order valence-corrected chi connectivity index (χ2v) is 4.84. The lowest BCUT2D eigenvalue weighted by molar-refractivity contribution is -0.288. The minimum absolute atomic E-state index is 0.0307. The van der Waals surface area contributed by atoms with Gasteiger partial charge in [-0.3, -0.25) is 0 Å². The molecule has 1 fully saturated rings. The van der Waals surface area contributed by atoms with Crippen LogP contribution in [0.5, 0.6) is 0 Å². The number of hydrogen-bond donors (Lipinski definition) is 4. The van der Waals surface area contributed by atoms with Gasteiger partial charge in [-0.1, -0.05) is 30.3 Å². The van der Waals surface area contributed by atoms with Gasteiger partial charge in [-0.2, -0.15) is 0 Å². The van der Waals surface area contributed by atoms with Gasteiger partial charge < -0.3 is 34.6 Å². The molecule has 1 aromatic rings. The monoisotopic (exact) mass is 314 g/mol. The maximum Gasteiger partial charge on any atom is 0.511 e. The van der Waals surface area contributed by atoms with Gasteiger partial charge in [0.25, 0.3) is 0 Å². The number of aliphatic hydroxyl groups excluding tert-OH is 4. The Bertz CT molecular complexity index is 477. The first-order valence-electron chi connectivity index (χ1n) is 6.70. The largest absolute Gasteiger partial charge is 0.511 e. The number of rotatable bonds is 4. The van der Waals surface area contributed by atoms with Crippen LogP contribution in [0.25, 0.3) is 0 Å². The molecule has 22 heavy (non-hydrogen) atoms. The number of aliphatic hydroxyl groups is 4. The molecular weight excluding hydrogens is 296 g/mol. The summed E-state index contributed by atoms with van der Waals surface area (Å²) in [5.41, 5.74) is 0.744. The van der Waals surface area contributed by atoms with Crippen molar-refractivity contribution in [2.45, 2.75) is 37.3 Å². The Balaban J connectivity index is 1.87. The third-order valence-corrected chi connectivity index (χ3v) is 3.26. The molecule has 5 atom stereocenters. The zero-order chi connectivity index (χ0) is 16.1. The highest BCUT2D eigenvalue weighted by atomic mass is 16.8. The first-order chi connectivity index (χ1) is 10.5. The smallest absolute Gasteiger partial charge is 0.429 e. The fourth-order valence-electron chi connectivity index (χ4n) is 2.01. The third-order valence-electron chi connectivity index (χ3n) is 3.26. The molecule has 1 heterocycles. The molecule has 1 aliphatic rings. The van der Waals surface area contributed by atoms with Gasteiger partial charge in [0, 0.05) is 0 Å². The van der Waals surface area contributed by atoms with Crippen LogP contribution in [0.4, 0.5) is 4.79 Å². The molecular formula is C14H18O8. The molecule has 1 aliphatic heterocycles. The molecule has 122 valence electrons. The van der Waals surface area contributed by atoms with Crippen molar-refractivity contribution in [1.29, 1.82) is 0 Å². The van der Waals surface area contributed by atoms with Crippen LogP contribution in [0.1, 0.15) is 5.56 Å². The van der Waals surface area contributed by atoms with Crippen molar-refractivity contribution in [2.24, 2.45) is 0 Å². The summed E-state index contributed by atoms with van der Waals surface area (Å²) in [6, 6.07) is 8.88. The maximum absolute atomic E-state index is 11.6. The van der Waals surface area contributed by atoms with Gasteiger partial charge in [0.1, 0.15) is 31.0 Å². The van der Waals surface area contributed by atoms with Crippen LogP contribution in [0, 0.1) is 0 Å². The molecule has 8 heteroatoms. The van der Waals surface area contributed by atoms with Crippen molar-refractivity contribution >= 4 is 6.16 Å². The SMILES string of the molecule is O=C(OCc1ccccc1)O[C@@H]1O[C@H](CO)[C@@H](O)[C@H](O)[C@H]1O. The summed E-state index contributed by atoms with van der Waals surface area (Å²) in [6.45, 7) is -0.638. The van der Waals surface area contributed by atoms with Gasteiger partial charge in [0.15, 0.2) is 0 Å². The summed E-state index contributed by atoms with van der Waals surface area (Å²) >= 11 is 0. The number of carbonyl (C=O) groups excluding carboxylic acids is 1. The summed E-state index contributed by atoms with van der Waals surface area (Å²) in [5, 5.41) is 37.9. The highest BCUT2D eigenvalue weighted by Crippen LogP contribution is 2.22. The second-order valence-electron chi connectivity index (χ2n) is 4.84. The molecule has 8 nitrogen and oxygen atoms in total. The molecule has 0 unspecified atom stereocenters. The molecule has 0 spiro atoms. The molecule has 0 aliphatic carbocycles. The van der Waals surface area contributed by atoms with Crippen LogP contribution in [0.3, 0.4) is 0 Å². The summed E-state index contributed by atoms with van der Waals surface area (Å²) in [4.78, 5) is 11.6. The van der Waals surface area contributed by atoms with Crippen LogP contribution in [0.15, 0.2) is 30.3 Å². The Morgan fingerprint density at radius 1 is 1.09 bits per heavy atom. The highest BCUT2D eigenvalue weighted by molar-refractivity contribution is 5.60. The number of benzene rings is 1. The van der Waals surface area contributed by atoms with Crippen LogP contribution in [-0.4, -0.2) is 63.9 Å². The number of ether oxygens (including phenoxy) is 3. The maximum atomic E-state index is 11.6. The van der Waals surface area contributed by atoms with Crippen LogP contribution < -0.4 is 0 Å². The van der Waals surface area contributed by atoms with Gasteiger partial charge >= 0.3 is 6.16 Å². The molecule has 2 rings (SSSR count). The summed E-state index contributed by atoms with van der Waals surface area (Å²) in [5.74, 6) is 0. The predicted octanol–water partition coefficient (Wildman–Crippen LogP) is -0.860. The van der Waals surface area contributed by atoms with E-state index in [0.717, 1.165) is 5.56 Å². The van der Waals surface area contributed by atoms with E-state index in [0.29, 0.717) is 0 Å². The Hall–Kier alpha value is -1.71. The summed E-state index contributed by atoms with van der Waals surface area (Å²) in [6.07, 6.45) is -8.57. The number of carbonyl (C=O) groups is 1. The van der Waals surface area contributed by atoms with E-state index < -0.39 is 43.5 Å². The van der Waals surface area contributed by atoms with E-state index in [4.69, 9.17) is 19.3 Å². The van der Waals surface area contributed by atoms with E-state index in [9.17, 15) is 20.1 Å². The van der Waals surface area contributed by atoms with Crippen molar-refractivity contribution in [3.63, 3.8) is 0 Å². The Labute approximate surface area is 126 Å². The average molecular weight is 314 g/mol. The molecule has 0 bridgehead atoms. The zero-order valence-electron chi connectivity index (χ0n) is 11.6. The normalized spacial score (nSPS) is 31.5. The first-order valence-corrected chi connectivity index (χ1v) is 6.70. The third kappa shape index (κ3) is 3.93. The van der Waals surface area contributed by atoms with Gasteiger partial charge in [-0.25, -0.2) is 4.79 Å². The van der Waals surface area contributed by atoms with Crippen molar-refractivity contribution in [3.8, 4) is 0 Å². The van der Waals surface area contributed by atoms with E-state index in [1.165, 1.54) is 0 Å². The Kier molecular flexibility index (Phi) is 5.69. The lowest BCUT2D eigenvalue weighted by atomic mass is 9.99. The zero-order valence-corrected chi connectivity index (χ0v) is 11.6. The Morgan fingerprint density at radius 3 is 2.41 bits per heavy atom. The Morgan fingerprint density at radius 2 is 1.77 bits per heavy atom. The van der Waals surface area contributed by atoms with E-state index in [2.05, 4.69) is 0 Å². The van der Waals surface area contributed by atoms with Gasteiger partial charge in [-0.05, 0) is 5.56 Å². The molecule has 1 aromatic carbocycles. The van der Waals surface area contributed by atoms with E-state index >= 15 is 0 Å². The minimum Gasteiger partial charge on any atom is -0.429 e. The molecule has 0 amide bonds. The predicted molar refractivity (Wildman–Crippen MR) is 71.5 cm³/mol. The van der Waals surface area contributed by atoms with Crippen molar-refractivity contribution in [2.75, 3.05) is 6.61 Å². The molecule has 4 N–H and O–H groups in total. The lowest BCUT2D eigenvalue weighted by Crippen LogP contribution is -2.59. The topological polar surface area (TPSA) is 126 Å². The lowest BCUT2D eigenvalue weighted by Gasteiger charge is -2.38. The quantitative estimate of drug-likeness (QED) is 0.529. The van der Waals surface area contributed by atoms with E-state index in [1.54, 1.807) is 24.3 Å². The first kappa shape index (κ1) is 16.7. The highest BCUT2D eigenvalue weighted by Gasteiger charge is 2.45. The van der Waals surface area contributed by atoms with E-state index in [-0.39, 0.29) is 6.61 Å². The standard InChI is InChI=1S/C14H18O8/c15-6-9-10(16)11(17)12(18)13(21-9)22-14(19)20-7-8-4-2-1-3-5-8/h1-5,9-13,15-18H,6-7H2/t9-,10-,11+,12-,13+/m1/s1. The minimum atomic E-state index is -1.65. The van der Waals surface area contributed by atoms with Crippen molar-refractivity contribution in [3.05, 3.63) is 35.9 Å². The van der Waals surface area contributed by atoms with Gasteiger partial charge in [0.05, 0.1) is 6.61 Å². The van der Waals surface area contributed by atoms with Crippen LogP contribution >= 0.6 is 0 Å². The van der Waals surface area contributed by atoms with Crippen molar-refractivity contribution in [1.82, 2.24) is 0 Å². The molecule has 1 saturated heterocycles. The molecule has 0 radical (unpaired) electrons. The van der Waals surface area contributed by atoms with Crippen LogP contribution in [-0.2, 0) is 20.8 Å². The molecule has 0 saturated carbocycles. The average Bonchev–Trinajstić information content (AvgIpc) is 2.54. The van der Waals surface area contributed by atoms with E-state index in [1.807, 2.05) is 6.07 Å². The summed E-state index contributed by atoms with van der Waals surface area (Å²) in [7, 11) is 0. The van der Waals surface area contributed by atoms with Gasteiger partial charge in [-0.15, -0.1) is 0 Å². The fourth-order valence-corrected chi connectivity index (χ4v) is 2.01. The number of hydrogen-bond acceptors (Lipinski definition) is 8. The van der Waals surface area contributed by atoms with Gasteiger partial charge in [0.2, 0.25) is 6.29 Å². The van der Waals surface area contributed by atoms with Crippen LogP contribution in [0.2, 0.25) is 0 Å². The fraction of sp³-hybridized carbons (Fsp3) is 0.500. The molecule has 0 aromatic heterocycles.